The first-order valence-corrected chi connectivity index (χ1v) is 6.95. The van der Waals surface area contributed by atoms with E-state index in [0.717, 1.165) is 6.07 Å². The second-order valence-corrected chi connectivity index (χ2v) is 5.34. The van der Waals surface area contributed by atoms with Gasteiger partial charge in [0.15, 0.2) is 11.4 Å². The van der Waals surface area contributed by atoms with E-state index in [1.54, 1.807) is 18.2 Å². The third-order valence-corrected chi connectivity index (χ3v) is 3.86. The smallest absolute Gasteiger partial charge is 0.261 e. The Morgan fingerprint density at radius 3 is 2.83 bits per heavy atom. The first-order chi connectivity index (χ1) is 10.9. The maximum atomic E-state index is 13.4. The predicted molar refractivity (Wildman–Crippen MR) is 80.9 cm³/mol. The summed E-state index contributed by atoms with van der Waals surface area (Å²) >= 11 is 0. The maximum absolute atomic E-state index is 13.4. The van der Waals surface area contributed by atoms with Gasteiger partial charge in [0.1, 0.15) is 11.6 Å². The summed E-state index contributed by atoms with van der Waals surface area (Å²) in [5.74, 6) is -1.29. The molecule has 0 saturated heterocycles. The number of methoxy groups -OCH3 is 1. The second kappa shape index (κ2) is 5.48. The lowest BCUT2D eigenvalue weighted by atomic mass is 9.88. The van der Waals surface area contributed by atoms with Gasteiger partial charge in [-0.25, -0.2) is 4.39 Å². The number of amides is 1. The van der Waals surface area contributed by atoms with Crippen LogP contribution in [0.5, 0.6) is 5.75 Å². The molecule has 0 unspecified atom stereocenters. The zero-order valence-corrected chi connectivity index (χ0v) is 12.3. The van der Waals surface area contributed by atoms with Crippen LogP contribution in [0.4, 0.5) is 10.1 Å². The van der Waals surface area contributed by atoms with Crippen LogP contribution in [0.1, 0.15) is 22.3 Å². The fourth-order valence-electron chi connectivity index (χ4n) is 2.62. The van der Waals surface area contributed by atoms with Crippen LogP contribution in [-0.2, 0) is 10.4 Å². The average molecular weight is 315 g/mol. The summed E-state index contributed by atoms with van der Waals surface area (Å²) in [5.41, 5.74) is -1.41. The maximum Gasteiger partial charge on any atom is 0.261 e. The Hall–Kier alpha value is -2.73. The number of halogens is 1. The van der Waals surface area contributed by atoms with Crippen molar-refractivity contribution in [3.05, 3.63) is 59.4 Å². The van der Waals surface area contributed by atoms with Crippen molar-refractivity contribution in [2.75, 3.05) is 12.4 Å². The molecule has 0 radical (unpaired) electrons. The van der Waals surface area contributed by atoms with E-state index in [1.807, 2.05) is 0 Å². The van der Waals surface area contributed by atoms with Gasteiger partial charge in [0.25, 0.3) is 5.91 Å². The summed E-state index contributed by atoms with van der Waals surface area (Å²) in [6, 6.07) is 9.99. The number of anilines is 1. The number of ketones is 1. The lowest BCUT2D eigenvalue weighted by molar-refractivity contribution is -0.133. The van der Waals surface area contributed by atoms with Gasteiger partial charge in [-0.05, 0) is 30.3 Å². The number of carbonyl (C=O) groups excluding carboxylic acids is 2. The number of ether oxygens (including phenoxy) is 1. The Morgan fingerprint density at radius 1 is 1.30 bits per heavy atom. The van der Waals surface area contributed by atoms with Crippen LogP contribution >= 0.6 is 0 Å². The minimum absolute atomic E-state index is 0.0683. The van der Waals surface area contributed by atoms with Gasteiger partial charge in [-0.2, -0.15) is 0 Å². The fourth-order valence-corrected chi connectivity index (χ4v) is 2.62. The molecule has 1 amide bonds. The van der Waals surface area contributed by atoms with Crippen LogP contribution in [0.25, 0.3) is 0 Å². The summed E-state index contributed by atoms with van der Waals surface area (Å²) in [6.45, 7) is 0. The molecule has 118 valence electrons. The van der Waals surface area contributed by atoms with Crippen LogP contribution in [0, 0.1) is 5.82 Å². The molecule has 0 bridgehead atoms. The topological polar surface area (TPSA) is 75.6 Å². The predicted octanol–water partition coefficient (Wildman–Crippen LogP) is 2.25. The van der Waals surface area contributed by atoms with E-state index >= 15 is 0 Å². The van der Waals surface area contributed by atoms with E-state index in [9.17, 15) is 19.1 Å². The molecular formula is C17H14FNO4. The molecule has 6 heteroatoms. The minimum atomic E-state index is -2.09. The van der Waals surface area contributed by atoms with Crippen molar-refractivity contribution in [1.82, 2.24) is 0 Å². The quantitative estimate of drug-likeness (QED) is 0.849. The largest absolute Gasteiger partial charge is 0.497 e. The molecule has 0 saturated carbocycles. The number of carbonyl (C=O) groups is 2. The summed E-state index contributed by atoms with van der Waals surface area (Å²) in [5, 5.41) is 13.1. The number of benzene rings is 2. The Balaban J connectivity index is 1.94. The van der Waals surface area contributed by atoms with Crippen molar-refractivity contribution in [1.29, 1.82) is 0 Å². The van der Waals surface area contributed by atoms with Crippen LogP contribution in [0.3, 0.4) is 0 Å². The van der Waals surface area contributed by atoms with Crippen molar-refractivity contribution in [3.8, 4) is 5.75 Å². The molecule has 0 aliphatic carbocycles. The van der Waals surface area contributed by atoms with Crippen LogP contribution in [0.2, 0.25) is 0 Å². The van der Waals surface area contributed by atoms with Crippen LogP contribution < -0.4 is 10.1 Å². The van der Waals surface area contributed by atoms with Crippen LogP contribution in [0.15, 0.2) is 42.5 Å². The molecular weight excluding hydrogens is 301 g/mol. The van der Waals surface area contributed by atoms with E-state index in [4.69, 9.17) is 4.74 Å². The van der Waals surface area contributed by atoms with Gasteiger partial charge in [-0.15, -0.1) is 0 Å². The number of hydrogen-bond donors (Lipinski definition) is 2. The molecule has 1 atom stereocenters. The second-order valence-electron chi connectivity index (χ2n) is 5.34. The van der Waals surface area contributed by atoms with E-state index in [2.05, 4.69) is 5.32 Å². The highest BCUT2D eigenvalue weighted by atomic mass is 19.1. The van der Waals surface area contributed by atoms with Crippen molar-refractivity contribution >= 4 is 17.4 Å². The van der Waals surface area contributed by atoms with Gasteiger partial charge in [0.05, 0.1) is 13.5 Å². The van der Waals surface area contributed by atoms with Gasteiger partial charge >= 0.3 is 0 Å². The summed E-state index contributed by atoms with van der Waals surface area (Å²) < 4.78 is 18.5. The molecule has 0 spiro atoms. The fraction of sp³-hybridized carbons (Fsp3) is 0.176. The van der Waals surface area contributed by atoms with Crippen molar-refractivity contribution in [2.45, 2.75) is 12.0 Å². The van der Waals surface area contributed by atoms with E-state index in [0.29, 0.717) is 17.0 Å². The third-order valence-electron chi connectivity index (χ3n) is 3.86. The molecule has 2 aromatic rings. The van der Waals surface area contributed by atoms with Crippen molar-refractivity contribution < 1.29 is 23.8 Å². The molecule has 1 aliphatic rings. The highest BCUT2D eigenvalue weighted by molar-refractivity contribution is 6.09. The minimum Gasteiger partial charge on any atom is -0.497 e. The number of hydrogen-bond acceptors (Lipinski definition) is 4. The number of nitrogens with one attached hydrogen (secondary N) is 1. The molecule has 2 N–H and O–H groups in total. The molecule has 3 rings (SSSR count). The van der Waals surface area contributed by atoms with E-state index < -0.39 is 29.5 Å². The molecule has 5 nitrogen and oxygen atoms in total. The summed E-state index contributed by atoms with van der Waals surface area (Å²) in [6.07, 6.45) is -0.484. The zero-order valence-electron chi connectivity index (χ0n) is 12.3. The summed E-state index contributed by atoms with van der Waals surface area (Å²) in [4.78, 5) is 24.5. The number of Topliss-reactive ketones (excluding diaryl/α,β-unsaturated/α-hetero) is 1. The molecule has 23 heavy (non-hydrogen) atoms. The SMILES string of the molecule is COc1cccc(C(=O)C[C@@]2(O)C(=O)Nc3ccc(F)cc32)c1. The monoisotopic (exact) mass is 315 g/mol. The molecule has 2 aromatic carbocycles. The molecule has 1 aliphatic heterocycles. The molecule has 1 heterocycles. The highest BCUT2D eigenvalue weighted by Crippen LogP contribution is 2.39. The van der Waals surface area contributed by atoms with Gasteiger partial charge in [0, 0.05) is 16.8 Å². The Kier molecular flexibility index (Phi) is 3.61. The van der Waals surface area contributed by atoms with Crippen molar-refractivity contribution in [3.63, 3.8) is 0 Å². The zero-order chi connectivity index (χ0) is 16.6. The molecule has 0 aromatic heterocycles. The van der Waals surface area contributed by atoms with Crippen molar-refractivity contribution in [2.24, 2.45) is 0 Å². The number of rotatable bonds is 4. The van der Waals surface area contributed by atoms with E-state index in [-0.39, 0.29) is 5.56 Å². The number of aliphatic hydroxyl groups is 1. The third kappa shape index (κ3) is 2.57. The van der Waals surface area contributed by atoms with Gasteiger partial charge in [-0.1, -0.05) is 12.1 Å². The van der Waals surface area contributed by atoms with Gasteiger partial charge in [0.2, 0.25) is 0 Å². The Labute approximate surface area is 131 Å². The average Bonchev–Trinajstić information content (AvgIpc) is 2.78. The molecule has 0 fully saturated rings. The lowest BCUT2D eigenvalue weighted by Crippen LogP contribution is -2.36. The van der Waals surface area contributed by atoms with E-state index in [1.165, 1.54) is 25.3 Å². The Bertz CT molecular complexity index is 805. The lowest BCUT2D eigenvalue weighted by Gasteiger charge is -2.20. The van der Waals surface area contributed by atoms with Crippen LogP contribution in [-0.4, -0.2) is 23.9 Å². The number of fused-ring (bicyclic) bond motifs is 1. The highest BCUT2D eigenvalue weighted by Gasteiger charge is 2.47. The Morgan fingerprint density at radius 2 is 2.09 bits per heavy atom. The normalized spacial score (nSPS) is 19.2. The van der Waals surface area contributed by atoms with Gasteiger partial charge in [-0.3, -0.25) is 9.59 Å². The first kappa shape index (κ1) is 15.2. The standard InChI is InChI=1S/C17H14FNO4/c1-23-12-4-2-3-10(7-12)15(20)9-17(22)13-8-11(18)5-6-14(13)19-16(17)21/h2-8,22H,9H2,1H3,(H,19,21)/t17-/m0/s1. The van der Waals surface area contributed by atoms with Gasteiger partial charge < -0.3 is 15.2 Å². The first-order valence-electron chi connectivity index (χ1n) is 6.95. The summed E-state index contributed by atoms with van der Waals surface area (Å²) in [7, 11) is 1.47.